The zero-order chi connectivity index (χ0) is 17.1. The van der Waals surface area contributed by atoms with Crippen molar-refractivity contribution in [1.29, 1.82) is 0 Å². The summed E-state index contributed by atoms with van der Waals surface area (Å²) in [7, 11) is 4.05. The Labute approximate surface area is 142 Å². The van der Waals surface area contributed by atoms with Crippen LogP contribution in [-0.2, 0) is 4.74 Å². The third kappa shape index (κ3) is 3.49. The summed E-state index contributed by atoms with van der Waals surface area (Å²) < 4.78 is 11.0. The van der Waals surface area contributed by atoms with Crippen LogP contribution >= 0.6 is 0 Å². The number of fused-ring (bicyclic) bond motifs is 1. The van der Waals surface area contributed by atoms with Crippen LogP contribution in [0.5, 0.6) is 5.75 Å². The lowest BCUT2D eigenvalue weighted by molar-refractivity contribution is 0.0417. The molecule has 3 rings (SSSR count). The molecule has 24 heavy (non-hydrogen) atoms. The number of pyridine rings is 1. The van der Waals surface area contributed by atoms with Crippen molar-refractivity contribution in [2.75, 3.05) is 40.4 Å². The van der Waals surface area contributed by atoms with E-state index in [9.17, 15) is 4.79 Å². The van der Waals surface area contributed by atoms with Gasteiger partial charge in [-0.25, -0.2) is 4.79 Å². The summed E-state index contributed by atoms with van der Waals surface area (Å²) in [6.07, 6.45) is 1.36. The second-order valence-electron chi connectivity index (χ2n) is 6.20. The molecule has 1 amide bonds. The van der Waals surface area contributed by atoms with Gasteiger partial charge in [0.2, 0.25) is 0 Å². The first-order valence-corrected chi connectivity index (χ1v) is 8.16. The minimum absolute atomic E-state index is 0.204. The first-order chi connectivity index (χ1) is 11.6. The van der Waals surface area contributed by atoms with Gasteiger partial charge in [0.15, 0.2) is 5.75 Å². The van der Waals surface area contributed by atoms with Crippen LogP contribution in [0.1, 0.15) is 18.5 Å². The minimum atomic E-state index is -0.347. The summed E-state index contributed by atoms with van der Waals surface area (Å²) in [5.41, 5.74) is 1.79. The number of morpholine rings is 1. The summed E-state index contributed by atoms with van der Waals surface area (Å²) in [6, 6.07) is 8.09. The monoisotopic (exact) mass is 329 g/mol. The van der Waals surface area contributed by atoms with E-state index in [0.717, 1.165) is 10.9 Å². The van der Waals surface area contributed by atoms with Crippen LogP contribution in [0, 0.1) is 0 Å². The molecule has 2 aromatic rings. The van der Waals surface area contributed by atoms with Gasteiger partial charge in [-0.2, -0.15) is 0 Å². The maximum Gasteiger partial charge on any atom is 0.415 e. The standard InChI is InChI=1S/C18H23N3O3/c1-13(20(2)3)15-11-14-5-4-6-19-17(14)16(12-15)24-18(22)21-7-9-23-10-8-21/h4-6,11-13H,7-10H2,1-3H3. The summed E-state index contributed by atoms with van der Waals surface area (Å²) in [4.78, 5) is 20.6. The highest BCUT2D eigenvalue weighted by Gasteiger charge is 2.21. The first kappa shape index (κ1) is 16.7. The predicted octanol–water partition coefficient (Wildman–Crippen LogP) is 2.69. The number of hydrogen-bond acceptors (Lipinski definition) is 5. The molecule has 0 saturated carbocycles. The van der Waals surface area contributed by atoms with E-state index in [1.54, 1.807) is 11.1 Å². The highest BCUT2D eigenvalue weighted by atomic mass is 16.6. The van der Waals surface area contributed by atoms with E-state index < -0.39 is 0 Å². The maximum atomic E-state index is 12.4. The van der Waals surface area contributed by atoms with Gasteiger partial charge in [-0.05, 0) is 44.8 Å². The lowest BCUT2D eigenvalue weighted by Crippen LogP contribution is -2.42. The second kappa shape index (κ2) is 7.15. The van der Waals surface area contributed by atoms with Crippen molar-refractivity contribution < 1.29 is 14.3 Å². The molecular formula is C18H23N3O3. The molecule has 1 aliphatic heterocycles. The number of amides is 1. The van der Waals surface area contributed by atoms with Crippen LogP contribution in [0.3, 0.4) is 0 Å². The highest BCUT2D eigenvalue weighted by Crippen LogP contribution is 2.30. The zero-order valence-corrected chi connectivity index (χ0v) is 14.4. The number of hydrogen-bond donors (Lipinski definition) is 0. The Balaban J connectivity index is 1.94. The summed E-state index contributed by atoms with van der Waals surface area (Å²) >= 11 is 0. The smallest absolute Gasteiger partial charge is 0.408 e. The third-order valence-corrected chi connectivity index (χ3v) is 4.42. The molecular weight excluding hydrogens is 306 g/mol. The molecule has 0 spiro atoms. The number of rotatable bonds is 3. The fraction of sp³-hybridized carbons (Fsp3) is 0.444. The summed E-state index contributed by atoms with van der Waals surface area (Å²) in [5.74, 6) is 0.508. The predicted molar refractivity (Wildman–Crippen MR) is 92.3 cm³/mol. The van der Waals surface area contributed by atoms with Gasteiger partial charge in [-0.3, -0.25) is 4.98 Å². The van der Waals surface area contributed by atoms with Gasteiger partial charge in [-0.1, -0.05) is 6.07 Å². The lowest BCUT2D eigenvalue weighted by Gasteiger charge is -2.26. The fourth-order valence-electron chi connectivity index (χ4n) is 2.70. The largest absolute Gasteiger partial charge is 0.415 e. The van der Waals surface area contributed by atoms with E-state index in [1.807, 2.05) is 32.3 Å². The molecule has 1 aromatic heterocycles. The minimum Gasteiger partial charge on any atom is -0.408 e. The number of nitrogens with zero attached hydrogens (tertiary/aromatic N) is 3. The van der Waals surface area contributed by atoms with Gasteiger partial charge in [-0.15, -0.1) is 0 Å². The van der Waals surface area contributed by atoms with Crippen molar-refractivity contribution in [3.8, 4) is 5.75 Å². The molecule has 1 aromatic carbocycles. The molecule has 0 radical (unpaired) electrons. The van der Waals surface area contributed by atoms with E-state index in [-0.39, 0.29) is 12.1 Å². The van der Waals surface area contributed by atoms with E-state index in [0.29, 0.717) is 37.6 Å². The van der Waals surface area contributed by atoms with Gasteiger partial charge in [0, 0.05) is 30.7 Å². The third-order valence-electron chi connectivity index (χ3n) is 4.42. The van der Waals surface area contributed by atoms with Gasteiger partial charge in [0.25, 0.3) is 0 Å². The number of ether oxygens (including phenoxy) is 2. The molecule has 6 heteroatoms. The Morgan fingerprint density at radius 1 is 1.33 bits per heavy atom. The van der Waals surface area contributed by atoms with Crippen LogP contribution in [-0.4, -0.2) is 61.3 Å². The molecule has 2 heterocycles. The molecule has 1 aliphatic rings. The summed E-state index contributed by atoms with van der Waals surface area (Å²) in [5, 5.41) is 0.966. The Kier molecular flexibility index (Phi) is 4.97. The molecule has 1 unspecified atom stereocenters. The molecule has 1 fully saturated rings. The van der Waals surface area contributed by atoms with Crippen LogP contribution in [0.4, 0.5) is 4.79 Å². The van der Waals surface area contributed by atoms with E-state index in [2.05, 4.69) is 22.9 Å². The van der Waals surface area contributed by atoms with E-state index in [1.165, 1.54) is 0 Å². The number of aromatic nitrogens is 1. The van der Waals surface area contributed by atoms with Crippen molar-refractivity contribution in [3.63, 3.8) is 0 Å². The van der Waals surface area contributed by atoms with Gasteiger partial charge in [0.05, 0.1) is 13.2 Å². The topological polar surface area (TPSA) is 54.9 Å². The Hall–Kier alpha value is -2.18. The molecule has 0 N–H and O–H groups in total. The molecule has 0 bridgehead atoms. The number of carbonyl (C=O) groups is 1. The van der Waals surface area contributed by atoms with E-state index >= 15 is 0 Å². The molecule has 6 nitrogen and oxygen atoms in total. The average molecular weight is 329 g/mol. The first-order valence-electron chi connectivity index (χ1n) is 8.16. The Morgan fingerprint density at radius 2 is 2.08 bits per heavy atom. The second-order valence-corrected chi connectivity index (χ2v) is 6.20. The number of carbonyl (C=O) groups excluding carboxylic acids is 1. The van der Waals surface area contributed by atoms with Crippen molar-refractivity contribution in [2.45, 2.75) is 13.0 Å². The van der Waals surface area contributed by atoms with E-state index in [4.69, 9.17) is 9.47 Å². The van der Waals surface area contributed by atoms with Gasteiger partial charge in [0.1, 0.15) is 5.52 Å². The zero-order valence-electron chi connectivity index (χ0n) is 14.4. The van der Waals surface area contributed by atoms with Crippen molar-refractivity contribution in [1.82, 2.24) is 14.8 Å². The average Bonchev–Trinajstić information content (AvgIpc) is 2.61. The molecule has 0 aliphatic carbocycles. The van der Waals surface area contributed by atoms with Crippen LogP contribution < -0.4 is 4.74 Å². The van der Waals surface area contributed by atoms with Crippen LogP contribution in [0.2, 0.25) is 0 Å². The van der Waals surface area contributed by atoms with Crippen LogP contribution in [0.25, 0.3) is 10.9 Å². The van der Waals surface area contributed by atoms with Crippen molar-refractivity contribution >= 4 is 17.0 Å². The summed E-state index contributed by atoms with van der Waals surface area (Å²) in [6.45, 7) is 4.32. The van der Waals surface area contributed by atoms with Gasteiger partial charge < -0.3 is 19.3 Å². The highest BCUT2D eigenvalue weighted by molar-refractivity contribution is 5.87. The maximum absolute atomic E-state index is 12.4. The SMILES string of the molecule is CC(c1cc(OC(=O)N2CCOCC2)c2ncccc2c1)N(C)C. The Morgan fingerprint density at radius 3 is 2.79 bits per heavy atom. The lowest BCUT2D eigenvalue weighted by atomic mass is 10.0. The van der Waals surface area contributed by atoms with Crippen LogP contribution in [0.15, 0.2) is 30.5 Å². The molecule has 128 valence electrons. The molecule has 1 saturated heterocycles. The molecule has 1 atom stereocenters. The van der Waals surface area contributed by atoms with Crippen molar-refractivity contribution in [2.24, 2.45) is 0 Å². The van der Waals surface area contributed by atoms with Gasteiger partial charge >= 0.3 is 6.09 Å². The fourth-order valence-corrected chi connectivity index (χ4v) is 2.70. The Bertz CT molecular complexity index is 727. The normalized spacial score (nSPS) is 16.4. The quantitative estimate of drug-likeness (QED) is 0.866. The number of benzene rings is 1. The van der Waals surface area contributed by atoms with Crippen molar-refractivity contribution in [3.05, 3.63) is 36.0 Å².